The third-order valence-electron chi connectivity index (χ3n) is 3.23. The molecule has 0 unspecified atom stereocenters. The minimum absolute atomic E-state index is 0.105. The Morgan fingerprint density at radius 1 is 1.10 bits per heavy atom. The van der Waals surface area contributed by atoms with Crippen molar-refractivity contribution in [1.82, 2.24) is 4.90 Å². The van der Waals surface area contributed by atoms with Crippen LogP contribution in [0, 0.1) is 0 Å². The smallest absolute Gasteiger partial charge is 0.322 e. The summed E-state index contributed by atoms with van der Waals surface area (Å²) in [5, 5.41) is 2.90. The first kappa shape index (κ1) is 14.9. The van der Waals surface area contributed by atoms with Crippen LogP contribution in [0.15, 0.2) is 54.6 Å². The standard InChI is InChI=1S/C17H20N2O2/c1-3-19(13-14-7-5-4-6-8-14)17(20)18-15-9-11-16(21-2)12-10-15/h4-12H,3,13H2,1-2H3,(H,18,20). The van der Waals surface area contributed by atoms with Gasteiger partial charge in [-0.15, -0.1) is 0 Å². The minimum Gasteiger partial charge on any atom is -0.497 e. The van der Waals surface area contributed by atoms with Crippen molar-refractivity contribution in [2.24, 2.45) is 0 Å². The van der Waals surface area contributed by atoms with Crippen LogP contribution < -0.4 is 10.1 Å². The van der Waals surface area contributed by atoms with Crippen molar-refractivity contribution in [3.63, 3.8) is 0 Å². The lowest BCUT2D eigenvalue weighted by Gasteiger charge is -2.21. The number of nitrogens with one attached hydrogen (secondary N) is 1. The fourth-order valence-corrected chi connectivity index (χ4v) is 2.01. The predicted octanol–water partition coefficient (Wildman–Crippen LogP) is 3.75. The second-order valence-electron chi connectivity index (χ2n) is 4.66. The van der Waals surface area contributed by atoms with Gasteiger partial charge in [0.1, 0.15) is 5.75 Å². The zero-order valence-electron chi connectivity index (χ0n) is 12.4. The molecule has 2 aromatic rings. The second kappa shape index (κ2) is 7.33. The average Bonchev–Trinajstić information content (AvgIpc) is 2.54. The number of carbonyl (C=O) groups excluding carboxylic acids is 1. The molecule has 2 rings (SSSR count). The normalized spacial score (nSPS) is 10.0. The van der Waals surface area contributed by atoms with Gasteiger partial charge in [-0.3, -0.25) is 0 Å². The molecule has 2 amide bonds. The largest absolute Gasteiger partial charge is 0.497 e. The van der Waals surface area contributed by atoms with Crippen molar-refractivity contribution in [3.05, 3.63) is 60.2 Å². The number of ether oxygens (including phenoxy) is 1. The number of urea groups is 1. The lowest BCUT2D eigenvalue weighted by Crippen LogP contribution is -2.34. The Kier molecular flexibility index (Phi) is 5.21. The van der Waals surface area contributed by atoms with Crippen LogP contribution in [0.2, 0.25) is 0 Å². The number of rotatable bonds is 5. The molecule has 0 aromatic heterocycles. The number of hydrogen-bond donors (Lipinski definition) is 1. The quantitative estimate of drug-likeness (QED) is 0.908. The fraction of sp³-hybridized carbons (Fsp3) is 0.235. The van der Waals surface area contributed by atoms with Gasteiger partial charge in [-0.05, 0) is 36.8 Å². The van der Waals surface area contributed by atoms with Crippen molar-refractivity contribution in [1.29, 1.82) is 0 Å². The van der Waals surface area contributed by atoms with E-state index in [1.54, 1.807) is 12.0 Å². The Labute approximate surface area is 125 Å². The molecule has 0 heterocycles. The highest BCUT2D eigenvalue weighted by Crippen LogP contribution is 2.16. The molecule has 0 aliphatic rings. The Morgan fingerprint density at radius 2 is 1.76 bits per heavy atom. The number of carbonyl (C=O) groups is 1. The topological polar surface area (TPSA) is 41.6 Å². The van der Waals surface area contributed by atoms with Crippen molar-refractivity contribution < 1.29 is 9.53 Å². The minimum atomic E-state index is -0.105. The van der Waals surface area contributed by atoms with Gasteiger partial charge in [0.2, 0.25) is 0 Å². The summed E-state index contributed by atoms with van der Waals surface area (Å²) < 4.78 is 5.10. The molecule has 0 saturated heterocycles. The first-order chi connectivity index (χ1) is 10.2. The molecule has 1 N–H and O–H groups in total. The van der Waals surface area contributed by atoms with E-state index in [2.05, 4.69) is 5.32 Å². The van der Waals surface area contributed by atoms with E-state index in [0.717, 1.165) is 17.0 Å². The molecular weight excluding hydrogens is 264 g/mol. The van der Waals surface area contributed by atoms with Crippen molar-refractivity contribution >= 4 is 11.7 Å². The van der Waals surface area contributed by atoms with Crippen LogP contribution >= 0.6 is 0 Å². The van der Waals surface area contributed by atoms with Gasteiger partial charge in [-0.1, -0.05) is 30.3 Å². The molecule has 0 spiro atoms. The third kappa shape index (κ3) is 4.24. The van der Waals surface area contributed by atoms with Crippen LogP contribution in [0.5, 0.6) is 5.75 Å². The molecule has 21 heavy (non-hydrogen) atoms. The Balaban J connectivity index is 1.99. The maximum absolute atomic E-state index is 12.3. The van der Waals surface area contributed by atoms with Crippen molar-refractivity contribution in [2.45, 2.75) is 13.5 Å². The number of benzene rings is 2. The zero-order valence-corrected chi connectivity index (χ0v) is 12.4. The summed E-state index contributed by atoms with van der Waals surface area (Å²) in [6.45, 7) is 3.22. The van der Waals surface area contributed by atoms with Gasteiger partial charge >= 0.3 is 6.03 Å². The summed E-state index contributed by atoms with van der Waals surface area (Å²) in [5.74, 6) is 0.768. The molecule has 0 atom stereocenters. The maximum Gasteiger partial charge on any atom is 0.322 e. The van der Waals surface area contributed by atoms with Crippen molar-refractivity contribution in [2.75, 3.05) is 19.0 Å². The maximum atomic E-state index is 12.3. The summed E-state index contributed by atoms with van der Waals surface area (Å²) in [4.78, 5) is 14.0. The zero-order chi connectivity index (χ0) is 15.1. The van der Waals surface area contributed by atoms with Crippen LogP contribution in [-0.4, -0.2) is 24.6 Å². The molecule has 2 aromatic carbocycles. The molecule has 0 aliphatic heterocycles. The van der Waals surface area contributed by atoms with E-state index < -0.39 is 0 Å². The molecular formula is C17H20N2O2. The monoisotopic (exact) mass is 284 g/mol. The van der Waals surface area contributed by atoms with E-state index in [1.165, 1.54) is 0 Å². The number of hydrogen-bond acceptors (Lipinski definition) is 2. The summed E-state index contributed by atoms with van der Waals surface area (Å²) in [7, 11) is 1.62. The highest BCUT2D eigenvalue weighted by molar-refractivity contribution is 5.89. The van der Waals surface area contributed by atoms with Gasteiger partial charge < -0.3 is 15.0 Å². The Bertz CT molecular complexity index is 567. The summed E-state index contributed by atoms with van der Waals surface area (Å²) in [5.41, 5.74) is 1.87. The SMILES string of the molecule is CCN(Cc1ccccc1)C(=O)Nc1ccc(OC)cc1. The number of amides is 2. The summed E-state index contributed by atoms with van der Waals surface area (Å²) >= 11 is 0. The number of anilines is 1. The van der Waals surface area contributed by atoms with Gasteiger partial charge in [0, 0.05) is 18.8 Å². The average molecular weight is 284 g/mol. The van der Waals surface area contributed by atoms with E-state index in [9.17, 15) is 4.79 Å². The van der Waals surface area contributed by atoms with Gasteiger partial charge in [0.25, 0.3) is 0 Å². The highest BCUT2D eigenvalue weighted by Gasteiger charge is 2.12. The third-order valence-corrected chi connectivity index (χ3v) is 3.23. The van der Waals surface area contributed by atoms with Crippen LogP contribution in [0.1, 0.15) is 12.5 Å². The van der Waals surface area contributed by atoms with Crippen LogP contribution in [0.3, 0.4) is 0 Å². The molecule has 0 saturated carbocycles. The lowest BCUT2D eigenvalue weighted by atomic mass is 10.2. The number of methoxy groups -OCH3 is 1. The van der Waals surface area contributed by atoms with E-state index in [0.29, 0.717) is 13.1 Å². The summed E-state index contributed by atoms with van der Waals surface area (Å²) in [6.07, 6.45) is 0. The van der Waals surface area contributed by atoms with Crippen LogP contribution in [-0.2, 0) is 6.54 Å². The van der Waals surface area contributed by atoms with Crippen LogP contribution in [0.25, 0.3) is 0 Å². The number of nitrogens with zero attached hydrogens (tertiary/aromatic N) is 1. The van der Waals surface area contributed by atoms with Crippen LogP contribution in [0.4, 0.5) is 10.5 Å². The Morgan fingerprint density at radius 3 is 2.33 bits per heavy atom. The molecule has 4 nitrogen and oxygen atoms in total. The predicted molar refractivity (Wildman–Crippen MR) is 84.5 cm³/mol. The van der Waals surface area contributed by atoms with E-state index in [-0.39, 0.29) is 6.03 Å². The van der Waals surface area contributed by atoms with Crippen molar-refractivity contribution in [3.8, 4) is 5.75 Å². The fourth-order valence-electron chi connectivity index (χ4n) is 2.01. The molecule has 0 aliphatic carbocycles. The molecule has 0 fully saturated rings. The Hall–Kier alpha value is -2.49. The highest BCUT2D eigenvalue weighted by atomic mass is 16.5. The van der Waals surface area contributed by atoms with E-state index >= 15 is 0 Å². The molecule has 110 valence electrons. The first-order valence-electron chi connectivity index (χ1n) is 6.97. The molecule has 0 radical (unpaired) electrons. The molecule has 4 heteroatoms. The molecule has 0 bridgehead atoms. The second-order valence-corrected chi connectivity index (χ2v) is 4.66. The van der Waals surface area contributed by atoms with E-state index in [1.807, 2.05) is 61.5 Å². The van der Waals surface area contributed by atoms with E-state index in [4.69, 9.17) is 4.74 Å². The van der Waals surface area contributed by atoms with Gasteiger partial charge in [-0.25, -0.2) is 4.79 Å². The lowest BCUT2D eigenvalue weighted by molar-refractivity contribution is 0.212. The summed E-state index contributed by atoms with van der Waals surface area (Å²) in [6, 6.07) is 17.2. The van der Waals surface area contributed by atoms with Gasteiger partial charge in [-0.2, -0.15) is 0 Å². The van der Waals surface area contributed by atoms with Gasteiger partial charge in [0.15, 0.2) is 0 Å². The first-order valence-corrected chi connectivity index (χ1v) is 6.97. The van der Waals surface area contributed by atoms with Gasteiger partial charge in [0.05, 0.1) is 7.11 Å².